The van der Waals surface area contributed by atoms with Gasteiger partial charge in [-0.3, -0.25) is 4.99 Å². The lowest BCUT2D eigenvalue weighted by atomic mass is 10.1. The number of likely N-dealkylation sites (tertiary alicyclic amines) is 1. The third-order valence-corrected chi connectivity index (χ3v) is 5.67. The number of hydrogen-bond acceptors (Lipinski definition) is 4. The Hall–Kier alpha value is -1.79. The quantitative estimate of drug-likeness (QED) is 0.575. The smallest absolute Gasteiger partial charge is 0.193 e. The number of benzene rings is 1. The van der Waals surface area contributed by atoms with Gasteiger partial charge in [-0.25, -0.2) is 0 Å². The van der Waals surface area contributed by atoms with Gasteiger partial charge in [0.1, 0.15) is 0 Å². The van der Waals surface area contributed by atoms with Crippen molar-refractivity contribution in [3.63, 3.8) is 0 Å². The molecule has 0 aliphatic carbocycles. The minimum atomic E-state index is 0.308. The summed E-state index contributed by atoms with van der Waals surface area (Å²) in [5.41, 5.74) is 1.24. The summed E-state index contributed by atoms with van der Waals surface area (Å²) in [7, 11) is 3.99. The number of nitrogens with one attached hydrogen (secondary N) is 1. The molecule has 1 N–H and O–H groups in total. The first-order valence-corrected chi connectivity index (χ1v) is 10.7. The predicted octanol–water partition coefficient (Wildman–Crippen LogP) is 2.75. The van der Waals surface area contributed by atoms with E-state index in [0.717, 1.165) is 64.6 Å². The van der Waals surface area contributed by atoms with Crippen molar-refractivity contribution in [1.29, 1.82) is 0 Å². The van der Waals surface area contributed by atoms with Crippen molar-refractivity contribution in [2.75, 3.05) is 58.4 Å². The molecular weight excluding hydrogens is 352 g/mol. The van der Waals surface area contributed by atoms with Crippen LogP contribution in [-0.4, -0.2) is 76.6 Å². The van der Waals surface area contributed by atoms with Crippen LogP contribution in [0.5, 0.6) is 0 Å². The van der Waals surface area contributed by atoms with Crippen LogP contribution in [0.2, 0.25) is 0 Å². The van der Waals surface area contributed by atoms with Crippen LogP contribution in [-0.2, 0) is 9.47 Å². The zero-order valence-electron chi connectivity index (χ0n) is 17.5. The fraction of sp³-hybridized carbons (Fsp3) is 0.682. The Kier molecular flexibility index (Phi) is 8.42. The fourth-order valence-corrected chi connectivity index (χ4v) is 3.90. The summed E-state index contributed by atoms with van der Waals surface area (Å²) < 4.78 is 11.9. The molecule has 2 saturated heterocycles. The standard InChI is InChI=1S/C22H36N4O2/c1-23-22(24-13-16-25(2)19-8-4-3-5-9-19)26-14-11-20(12-15-26)28-18-21-10-6-7-17-27-21/h3-5,8-9,20-21H,6-7,10-18H2,1-2H3,(H,23,24). The van der Waals surface area contributed by atoms with Crippen molar-refractivity contribution >= 4 is 11.6 Å². The molecule has 2 aliphatic rings. The van der Waals surface area contributed by atoms with Crippen LogP contribution in [0, 0.1) is 0 Å². The summed E-state index contributed by atoms with van der Waals surface area (Å²) in [4.78, 5) is 9.08. The van der Waals surface area contributed by atoms with Crippen molar-refractivity contribution in [3.05, 3.63) is 30.3 Å². The normalized spacial score (nSPS) is 21.6. The molecule has 6 heteroatoms. The van der Waals surface area contributed by atoms with E-state index in [0.29, 0.717) is 12.2 Å². The lowest BCUT2D eigenvalue weighted by Gasteiger charge is -2.35. The average molecular weight is 389 g/mol. The van der Waals surface area contributed by atoms with E-state index in [1.54, 1.807) is 0 Å². The van der Waals surface area contributed by atoms with Crippen molar-refractivity contribution in [1.82, 2.24) is 10.2 Å². The highest BCUT2D eigenvalue weighted by Gasteiger charge is 2.23. The number of ether oxygens (including phenoxy) is 2. The number of anilines is 1. The zero-order chi connectivity index (χ0) is 19.6. The summed E-state index contributed by atoms with van der Waals surface area (Å²) in [6.45, 7) is 5.43. The molecule has 0 saturated carbocycles. The first kappa shape index (κ1) is 20.9. The fourth-order valence-electron chi connectivity index (χ4n) is 3.90. The molecule has 1 unspecified atom stereocenters. The number of nitrogens with zero attached hydrogens (tertiary/aromatic N) is 3. The molecule has 0 spiro atoms. The monoisotopic (exact) mass is 388 g/mol. The zero-order valence-corrected chi connectivity index (χ0v) is 17.5. The molecule has 1 aromatic rings. The first-order valence-electron chi connectivity index (χ1n) is 10.7. The van der Waals surface area contributed by atoms with E-state index in [9.17, 15) is 0 Å². The molecule has 6 nitrogen and oxygen atoms in total. The molecule has 3 rings (SSSR count). The van der Waals surface area contributed by atoms with E-state index in [-0.39, 0.29) is 0 Å². The largest absolute Gasteiger partial charge is 0.376 e. The van der Waals surface area contributed by atoms with Gasteiger partial charge in [0.05, 0.1) is 18.8 Å². The van der Waals surface area contributed by atoms with Crippen molar-refractivity contribution in [2.45, 2.75) is 44.3 Å². The van der Waals surface area contributed by atoms with Gasteiger partial charge in [0.25, 0.3) is 0 Å². The Labute approximate surface area is 169 Å². The van der Waals surface area contributed by atoms with Gasteiger partial charge in [-0.05, 0) is 44.2 Å². The van der Waals surface area contributed by atoms with E-state index in [4.69, 9.17) is 9.47 Å². The molecule has 156 valence electrons. The molecule has 0 bridgehead atoms. The minimum absolute atomic E-state index is 0.308. The maximum absolute atomic E-state index is 6.13. The van der Waals surface area contributed by atoms with Crippen molar-refractivity contribution < 1.29 is 9.47 Å². The molecular formula is C22H36N4O2. The van der Waals surface area contributed by atoms with Crippen LogP contribution in [0.3, 0.4) is 0 Å². The van der Waals surface area contributed by atoms with Gasteiger partial charge in [0, 0.05) is 52.6 Å². The summed E-state index contributed by atoms with van der Waals surface area (Å²) in [6, 6.07) is 10.5. The number of piperidine rings is 1. The van der Waals surface area contributed by atoms with Crippen LogP contribution in [0.15, 0.2) is 35.3 Å². The maximum Gasteiger partial charge on any atom is 0.193 e. The van der Waals surface area contributed by atoms with Gasteiger partial charge in [-0.2, -0.15) is 0 Å². The second-order valence-corrected chi connectivity index (χ2v) is 7.74. The van der Waals surface area contributed by atoms with Crippen LogP contribution in [0.4, 0.5) is 5.69 Å². The molecule has 0 radical (unpaired) electrons. The topological polar surface area (TPSA) is 49.3 Å². The molecule has 28 heavy (non-hydrogen) atoms. The summed E-state index contributed by atoms with van der Waals surface area (Å²) >= 11 is 0. The molecule has 2 fully saturated rings. The second-order valence-electron chi connectivity index (χ2n) is 7.74. The predicted molar refractivity (Wildman–Crippen MR) is 115 cm³/mol. The Morgan fingerprint density at radius 2 is 2.00 bits per heavy atom. The van der Waals surface area contributed by atoms with E-state index in [1.807, 2.05) is 13.1 Å². The highest BCUT2D eigenvalue weighted by Crippen LogP contribution is 2.18. The van der Waals surface area contributed by atoms with Gasteiger partial charge in [0.2, 0.25) is 0 Å². The van der Waals surface area contributed by atoms with Gasteiger partial charge in [-0.1, -0.05) is 18.2 Å². The van der Waals surface area contributed by atoms with Gasteiger partial charge in [0.15, 0.2) is 5.96 Å². The minimum Gasteiger partial charge on any atom is -0.376 e. The maximum atomic E-state index is 6.13. The lowest BCUT2D eigenvalue weighted by molar-refractivity contribution is -0.0721. The number of likely N-dealkylation sites (N-methyl/N-ethyl adjacent to an activating group) is 1. The summed E-state index contributed by atoms with van der Waals surface area (Å²) in [5.74, 6) is 0.996. The third-order valence-electron chi connectivity index (χ3n) is 5.67. The van der Waals surface area contributed by atoms with Crippen LogP contribution in [0.1, 0.15) is 32.1 Å². The van der Waals surface area contributed by atoms with Gasteiger partial charge in [-0.15, -0.1) is 0 Å². The summed E-state index contributed by atoms with van der Waals surface area (Å²) in [5, 5.41) is 3.51. The third kappa shape index (κ3) is 6.38. The molecule has 1 atom stereocenters. The van der Waals surface area contributed by atoms with Crippen molar-refractivity contribution in [3.8, 4) is 0 Å². The van der Waals surface area contributed by atoms with Gasteiger partial charge < -0.3 is 24.6 Å². The number of aliphatic imine (C=N–C) groups is 1. The Morgan fingerprint density at radius 1 is 1.21 bits per heavy atom. The average Bonchev–Trinajstić information content (AvgIpc) is 2.77. The molecule has 2 aliphatic heterocycles. The number of hydrogen-bond donors (Lipinski definition) is 1. The van der Waals surface area contributed by atoms with Gasteiger partial charge >= 0.3 is 0 Å². The molecule has 0 amide bonds. The van der Waals surface area contributed by atoms with E-state index in [1.165, 1.54) is 18.5 Å². The number of guanidine groups is 1. The van der Waals surface area contributed by atoms with E-state index >= 15 is 0 Å². The number of rotatable bonds is 7. The SMILES string of the molecule is CN=C(NCCN(C)c1ccccc1)N1CCC(OCC2CCCCO2)CC1. The van der Waals surface area contributed by atoms with E-state index < -0.39 is 0 Å². The van der Waals surface area contributed by atoms with Crippen LogP contribution in [0.25, 0.3) is 0 Å². The molecule has 0 aromatic heterocycles. The van der Waals surface area contributed by atoms with Crippen LogP contribution < -0.4 is 10.2 Å². The van der Waals surface area contributed by atoms with Crippen LogP contribution >= 0.6 is 0 Å². The van der Waals surface area contributed by atoms with Crippen molar-refractivity contribution in [2.24, 2.45) is 4.99 Å². The Bertz CT molecular complexity index is 581. The Balaban J connectivity index is 1.34. The highest BCUT2D eigenvalue weighted by atomic mass is 16.5. The highest BCUT2D eigenvalue weighted by molar-refractivity contribution is 5.80. The molecule has 2 heterocycles. The number of para-hydroxylation sites is 1. The molecule has 1 aromatic carbocycles. The summed E-state index contributed by atoms with van der Waals surface area (Å²) in [6.07, 6.45) is 6.38. The first-order chi connectivity index (χ1) is 13.8. The second kappa shape index (κ2) is 11.3. The Morgan fingerprint density at radius 3 is 2.68 bits per heavy atom. The lowest BCUT2D eigenvalue weighted by Crippen LogP contribution is -2.48. The van der Waals surface area contributed by atoms with E-state index in [2.05, 4.69) is 51.4 Å².